The molecule has 14 heavy (non-hydrogen) atoms. The Morgan fingerprint density at radius 3 is 2.64 bits per heavy atom. The maximum absolute atomic E-state index is 12.0. The highest BCUT2D eigenvalue weighted by molar-refractivity contribution is 6.02. The van der Waals surface area contributed by atoms with Crippen molar-refractivity contribution in [2.24, 2.45) is 0 Å². The van der Waals surface area contributed by atoms with Gasteiger partial charge in [0.05, 0.1) is 12.7 Å². The fourth-order valence-corrected chi connectivity index (χ4v) is 0.879. The van der Waals surface area contributed by atoms with Gasteiger partial charge >= 0.3 is 6.18 Å². The highest BCUT2D eigenvalue weighted by Crippen LogP contribution is 2.25. The van der Waals surface area contributed by atoms with Crippen LogP contribution in [-0.4, -0.2) is 24.1 Å². The number of ketones is 1. The predicted molar refractivity (Wildman–Crippen MR) is 41.2 cm³/mol. The van der Waals surface area contributed by atoms with E-state index in [-0.39, 0.29) is 5.88 Å². The first-order valence-corrected chi connectivity index (χ1v) is 3.57. The van der Waals surface area contributed by atoms with Gasteiger partial charge in [0.25, 0.3) is 5.78 Å². The summed E-state index contributed by atoms with van der Waals surface area (Å²) in [6, 6.07) is 2.25. The van der Waals surface area contributed by atoms with E-state index in [1.165, 1.54) is 12.3 Å². The van der Waals surface area contributed by atoms with Crippen LogP contribution in [0, 0.1) is 0 Å². The first-order valence-electron chi connectivity index (χ1n) is 3.57. The molecule has 0 aliphatic carbocycles. The van der Waals surface area contributed by atoms with Crippen molar-refractivity contribution in [1.82, 2.24) is 4.98 Å². The van der Waals surface area contributed by atoms with Gasteiger partial charge in [0.1, 0.15) is 0 Å². The van der Waals surface area contributed by atoms with Gasteiger partial charge in [-0.15, -0.1) is 0 Å². The van der Waals surface area contributed by atoms with Gasteiger partial charge in [-0.1, -0.05) is 0 Å². The molecule has 0 atom stereocenters. The number of aromatic nitrogens is 1. The molecule has 3 nitrogen and oxygen atoms in total. The molecule has 1 heterocycles. The van der Waals surface area contributed by atoms with E-state index in [2.05, 4.69) is 9.72 Å². The highest BCUT2D eigenvalue weighted by atomic mass is 19.4. The maximum atomic E-state index is 12.0. The molecule has 0 bridgehead atoms. The lowest BCUT2D eigenvalue weighted by atomic mass is 10.2. The summed E-state index contributed by atoms with van der Waals surface area (Å²) in [4.78, 5) is 14.3. The van der Waals surface area contributed by atoms with Gasteiger partial charge in [0.2, 0.25) is 5.88 Å². The van der Waals surface area contributed by atoms with Crippen LogP contribution in [-0.2, 0) is 0 Å². The number of carbonyl (C=O) groups is 1. The van der Waals surface area contributed by atoms with Crippen molar-refractivity contribution < 1.29 is 22.7 Å². The number of methoxy groups -OCH3 is 1. The Hall–Kier alpha value is -1.59. The number of rotatable bonds is 2. The van der Waals surface area contributed by atoms with Crippen molar-refractivity contribution in [3.05, 3.63) is 23.9 Å². The number of pyridine rings is 1. The first kappa shape index (κ1) is 10.5. The van der Waals surface area contributed by atoms with Gasteiger partial charge in [0, 0.05) is 6.20 Å². The summed E-state index contributed by atoms with van der Waals surface area (Å²) >= 11 is 0. The molecule has 0 aliphatic heterocycles. The zero-order valence-corrected chi connectivity index (χ0v) is 7.13. The molecule has 1 aromatic heterocycles. The van der Waals surface area contributed by atoms with Crippen LogP contribution < -0.4 is 4.74 Å². The molecular weight excluding hydrogens is 199 g/mol. The summed E-state index contributed by atoms with van der Waals surface area (Å²) in [5.41, 5.74) is -0.581. The van der Waals surface area contributed by atoms with E-state index >= 15 is 0 Å². The number of carbonyl (C=O) groups excluding carboxylic acids is 1. The Kier molecular flexibility index (Phi) is 2.73. The third kappa shape index (κ3) is 2.01. The van der Waals surface area contributed by atoms with E-state index in [9.17, 15) is 18.0 Å². The second-order valence-electron chi connectivity index (χ2n) is 2.39. The molecule has 0 saturated heterocycles. The Labute approximate surface area is 77.5 Å². The lowest BCUT2D eigenvalue weighted by Crippen LogP contribution is -2.23. The van der Waals surface area contributed by atoms with Crippen molar-refractivity contribution in [2.75, 3.05) is 7.11 Å². The van der Waals surface area contributed by atoms with Crippen LogP contribution in [0.4, 0.5) is 13.2 Å². The van der Waals surface area contributed by atoms with Crippen LogP contribution in [0.3, 0.4) is 0 Å². The smallest absolute Gasteiger partial charge is 0.455 e. The number of hydrogen-bond acceptors (Lipinski definition) is 3. The standard InChI is InChI=1S/C8H6F3NO2/c1-14-7-5(3-2-4-12-7)6(13)8(9,10)11/h2-4H,1H3. The van der Waals surface area contributed by atoms with E-state index < -0.39 is 17.5 Å². The largest absolute Gasteiger partial charge is 0.480 e. The monoisotopic (exact) mass is 205 g/mol. The maximum Gasteiger partial charge on any atom is 0.455 e. The van der Waals surface area contributed by atoms with Crippen LogP contribution in [0.15, 0.2) is 18.3 Å². The van der Waals surface area contributed by atoms with Crippen LogP contribution in [0.5, 0.6) is 5.88 Å². The molecule has 1 aromatic rings. The van der Waals surface area contributed by atoms with E-state index in [1.54, 1.807) is 0 Å². The van der Waals surface area contributed by atoms with Crippen molar-refractivity contribution in [2.45, 2.75) is 6.18 Å². The zero-order chi connectivity index (χ0) is 10.8. The molecule has 1 rings (SSSR count). The van der Waals surface area contributed by atoms with Gasteiger partial charge in [-0.25, -0.2) is 4.98 Å². The molecule has 0 aromatic carbocycles. The van der Waals surface area contributed by atoms with Gasteiger partial charge in [-0.05, 0) is 12.1 Å². The average Bonchev–Trinajstić information content (AvgIpc) is 2.15. The van der Waals surface area contributed by atoms with Crippen LogP contribution in [0.2, 0.25) is 0 Å². The highest BCUT2D eigenvalue weighted by Gasteiger charge is 2.41. The van der Waals surface area contributed by atoms with Gasteiger partial charge < -0.3 is 4.74 Å². The summed E-state index contributed by atoms with van der Waals surface area (Å²) in [5, 5.41) is 0. The van der Waals surface area contributed by atoms with E-state index in [4.69, 9.17) is 0 Å². The topological polar surface area (TPSA) is 39.2 Å². The van der Waals surface area contributed by atoms with Gasteiger partial charge in [0.15, 0.2) is 0 Å². The normalized spacial score (nSPS) is 11.1. The number of Topliss-reactive ketones (excluding diaryl/α,β-unsaturated/α-hetero) is 1. The SMILES string of the molecule is COc1ncccc1C(=O)C(F)(F)F. The van der Waals surface area contributed by atoms with Crippen molar-refractivity contribution in [3.8, 4) is 5.88 Å². The molecule has 0 saturated carbocycles. The molecule has 76 valence electrons. The average molecular weight is 205 g/mol. The number of alkyl halides is 3. The van der Waals surface area contributed by atoms with Crippen LogP contribution in [0.25, 0.3) is 0 Å². The Balaban J connectivity index is 3.13. The molecule has 0 fully saturated rings. The third-order valence-corrected chi connectivity index (χ3v) is 1.47. The quantitative estimate of drug-likeness (QED) is 0.691. The Morgan fingerprint density at radius 1 is 1.50 bits per heavy atom. The first-order chi connectivity index (χ1) is 6.46. The summed E-state index contributed by atoms with van der Waals surface area (Å²) in [6.07, 6.45) is -3.66. The third-order valence-electron chi connectivity index (χ3n) is 1.47. The molecule has 0 N–H and O–H groups in total. The minimum Gasteiger partial charge on any atom is -0.480 e. The molecular formula is C8H6F3NO2. The molecule has 6 heteroatoms. The van der Waals surface area contributed by atoms with Crippen molar-refractivity contribution in [1.29, 1.82) is 0 Å². The number of ether oxygens (including phenoxy) is 1. The molecule has 0 aliphatic rings. The fourth-order valence-electron chi connectivity index (χ4n) is 0.879. The second kappa shape index (κ2) is 3.65. The minimum absolute atomic E-state index is 0.324. The molecule has 0 unspecified atom stereocenters. The molecule has 0 amide bonds. The van der Waals surface area contributed by atoms with E-state index in [1.807, 2.05) is 0 Å². The zero-order valence-electron chi connectivity index (χ0n) is 7.13. The van der Waals surface area contributed by atoms with Gasteiger partial charge in [-0.3, -0.25) is 4.79 Å². The lowest BCUT2D eigenvalue weighted by Gasteiger charge is -2.07. The van der Waals surface area contributed by atoms with E-state index in [0.29, 0.717) is 0 Å². The minimum atomic E-state index is -4.91. The second-order valence-corrected chi connectivity index (χ2v) is 2.39. The van der Waals surface area contributed by atoms with E-state index in [0.717, 1.165) is 13.2 Å². The van der Waals surface area contributed by atoms with Crippen molar-refractivity contribution in [3.63, 3.8) is 0 Å². The summed E-state index contributed by atoms with van der Waals surface area (Å²) in [7, 11) is 1.15. The molecule has 0 spiro atoms. The van der Waals surface area contributed by atoms with Crippen LogP contribution in [0.1, 0.15) is 10.4 Å². The molecule has 0 radical (unpaired) electrons. The summed E-state index contributed by atoms with van der Waals surface area (Å²) < 4.78 is 40.6. The summed E-state index contributed by atoms with van der Waals surface area (Å²) in [5.74, 6) is -2.28. The number of nitrogens with zero attached hydrogens (tertiary/aromatic N) is 1. The lowest BCUT2D eigenvalue weighted by molar-refractivity contribution is -0.0886. The summed E-state index contributed by atoms with van der Waals surface area (Å²) in [6.45, 7) is 0. The number of hydrogen-bond donors (Lipinski definition) is 0. The Morgan fingerprint density at radius 2 is 2.14 bits per heavy atom. The fraction of sp³-hybridized carbons (Fsp3) is 0.250. The number of halogens is 3. The van der Waals surface area contributed by atoms with Crippen molar-refractivity contribution >= 4 is 5.78 Å². The Bertz CT molecular complexity index is 349. The van der Waals surface area contributed by atoms with Gasteiger partial charge in [-0.2, -0.15) is 13.2 Å². The van der Waals surface area contributed by atoms with Crippen LogP contribution >= 0.6 is 0 Å². The predicted octanol–water partition coefficient (Wildman–Crippen LogP) is 1.84.